The summed E-state index contributed by atoms with van der Waals surface area (Å²) in [4.78, 5) is 12.5. The summed E-state index contributed by atoms with van der Waals surface area (Å²) in [5.74, 6) is -0.0629. The van der Waals surface area contributed by atoms with E-state index in [0.29, 0.717) is 17.2 Å². The van der Waals surface area contributed by atoms with Gasteiger partial charge in [-0.05, 0) is 51.8 Å². The summed E-state index contributed by atoms with van der Waals surface area (Å²) in [6.07, 6.45) is 2.11. The van der Waals surface area contributed by atoms with Crippen LogP contribution in [0.25, 0.3) is 5.69 Å². The maximum absolute atomic E-state index is 13.5. The van der Waals surface area contributed by atoms with Crippen molar-refractivity contribution in [1.29, 1.82) is 0 Å². The van der Waals surface area contributed by atoms with Crippen LogP contribution < -0.4 is 5.32 Å². The van der Waals surface area contributed by atoms with E-state index in [1.165, 1.54) is 12.1 Å². The van der Waals surface area contributed by atoms with Gasteiger partial charge in [-0.2, -0.15) is 5.10 Å². The molecule has 1 aromatic carbocycles. The molecule has 0 radical (unpaired) electrons. The molecule has 1 heterocycles. The molecule has 0 atom stereocenters. The van der Waals surface area contributed by atoms with Gasteiger partial charge >= 0.3 is 0 Å². The Hall–Kier alpha value is -2.17. The van der Waals surface area contributed by atoms with Gasteiger partial charge in [-0.1, -0.05) is 6.07 Å². The summed E-state index contributed by atoms with van der Waals surface area (Å²) in [7, 11) is 0. The predicted molar refractivity (Wildman–Crippen MR) is 82.8 cm³/mol. The van der Waals surface area contributed by atoms with Crippen molar-refractivity contribution in [3.63, 3.8) is 0 Å². The first-order valence-electron chi connectivity index (χ1n) is 7.63. The first-order valence-corrected chi connectivity index (χ1v) is 7.63. The van der Waals surface area contributed by atoms with Crippen LogP contribution in [0, 0.1) is 12.7 Å². The molecule has 0 saturated heterocycles. The quantitative estimate of drug-likeness (QED) is 0.941. The van der Waals surface area contributed by atoms with Crippen molar-refractivity contribution in [1.82, 2.24) is 15.1 Å². The van der Waals surface area contributed by atoms with E-state index in [9.17, 15) is 9.18 Å². The normalized spacial score (nSPS) is 14.4. The molecular formula is C17H20FN3O. The van der Waals surface area contributed by atoms with Crippen LogP contribution in [0.15, 0.2) is 24.3 Å². The number of carbonyl (C=O) groups excluding carboxylic acids is 1. The Morgan fingerprint density at radius 1 is 1.41 bits per heavy atom. The van der Waals surface area contributed by atoms with Crippen LogP contribution in [0.4, 0.5) is 4.39 Å². The largest absolute Gasteiger partial charge is 0.350 e. The second-order valence-corrected chi connectivity index (χ2v) is 6.14. The van der Waals surface area contributed by atoms with Gasteiger partial charge in [-0.15, -0.1) is 0 Å². The van der Waals surface area contributed by atoms with Crippen LogP contribution in [0.3, 0.4) is 0 Å². The van der Waals surface area contributed by atoms with Crippen molar-refractivity contribution in [3.05, 3.63) is 47.0 Å². The van der Waals surface area contributed by atoms with E-state index in [2.05, 4.69) is 10.4 Å². The van der Waals surface area contributed by atoms with Crippen molar-refractivity contribution in [2.75, 3.05) is 0 Å². The molecule has 1 aliphatic rings. The topological polar surface area (TPSA) is 46.9 Å². The van der Waals surface area contributed by atoms with Gasteiger partial charge in [0.15, 0.2) is 0 Å². The number of halogens is 1. The second kappa shape index (κ2) is 5.55. The van der Waals surface area contributed by atoms with Gasteiger partial charge in [0.1, 0.15) is 5.82 Å². The van der Waals surface area contributed by atoms with Crippen molar-refractivity contribution >= 4 is 5.91 Å². The van der Waals surface area contributed by atoms with E-state index >= 15 is 0 Å². The minimum atomic E-state index is -0.312. The molecule has 2 aromatic rings. The fourth-order valence-corrected chi connectivity index (χ4v) is 2.64. The summed E-state index contributed by atoms with van der Waals surface area (Å²) in [5, 5.41) is 7.53. The summed E-state index contributed by atoms with van der Waals surface area (Å²) in [5.41, 5.74) is 2.87. The van der Waals surface area contributed by atoms with E-state index in [0.717, 1.165) is 24.2 Å². The van der Waals surface area contributed by atoms with Crippen LogP contribution in [-0.4, -0.2) is 21.7 Å². The van der Waals surface area contributed by atoms with Crippen LogP contribution in [0.1, 0.15) is 54.4 Å². The second-order valence-electron chi connectivity index (χ2n) is 6.14. The molecule has 3 rings (SSSR count). The molecule has 0 bridgehead atoms. The average molecular weight is 301 g/mol. The molecule has 1 N–H and O–H groups in total. The van der Waals surface area contributed by atoms with Gasteiger partial charge in [-0.25, -0.2) is 9.07 Å². The summed E-state index contributed by atoms with van der Waals surface area (Å²) in [6, 6.07) is 6.34. The molecule has 4 nitrogen and oxygen atoms in total. The lowest BCUT2D eigenvalue weighted by molar-refractivity contribution is 0.0941. The van der Waals surface area contributed by atoms with Crippen molar-refractivity contribution in [2.45, 2.75) is 45.6 Å². The van der Waals surface area contributed by atoms with Gasteiger partial charge in [0.05, 0.1) is 22.6 Å². The zero-order chi connectivity index (χ0) is 15.9. The van der Waals surface area contributed by atoms with Crippen molar-refractivity contribution in [3.8, 4) is 5.69 Å². The van der Waals surface area contributed by atoms with E-state index in [1.54, 1.807) is 16.8 Å². The summed E-state index contributed by atoms with van der Waals surface area (Å²) >= 11 is 0. The maximum atomic E-state index is 13.5. The van der Waals surface area contributed by atoms with Gasteiger partial charge in [0.2, 0.25) is 0 Å². The third-order valence-corrected chi connectivity index (χ3v) is 3.81. The lowest BCUT2D eigenvalue weighted by Gasteiger charge is -2.09. The zero-order valence-electron chi connectivity index (χ0n) is 13.1. The van der Waals surface area contributed by atoms with E-state index in [-0.39, 0.29) is 17.8 Å². The molecule has 5 heteroatoms. The minimum absolute atomic E-state index is 0.0662. The molecule has 22 heavy (non-hydrogen) atoms. The number of nitrogens with zero attached hydrogens (tertiary/aromatic N) is 2. The van der Waals surface area contributed by atoms with Crippen LogP contribution >= 0.6 is 0 Å². The van der Waals surface area contributed by atoms with Crippen LogP contribution in [0.5, 0.6) is 0 Å². The Morgan fingerprint density at radius 2 is 2.14 bits per heavy atom. The number of nitrogens with one attached hydrogen (secondary N) is 1. The molecule has 0 unspecified atom stereocenters. The van der Waals surface area contributed by atoms with E-state index in [4.69, 9.17) is 0 Å². The SMILES string of the molecule is Cc1c(C(=O)NC(C)C)c(C2CC2)nn1-c1cccc(F)c1. The van der Waals surface area contributed by atoms with Gasteiger partial charge < -0.3 is 5.32 Å². The predicted octanol–water partition coefficient (Wildman–Crippen LogP) is 3.34. The van der Waals surface area contributed by atoms with Crippen LogP contribution in [0.2, 0.25) is 0 Å². The lowest BCUT2D eigenvalue weighted by Crippen LogP contribution is -2.31. The third kappa shape index (κ3) is 2.75. The minimum Gasteiger partial charge on any atom is -0.350 e. The molecule has 0 aliphatic heterocycles. The lowest BCUT2D eigenvalue weighted by atomic mass is 10.1. The fourth-order valence-electron chi connectivity index (χ4n) is 2.64. The highest BCUT2D eigenvalue weighted by Gasteiger charge is 2.33. The number of rotatable bonds is 4. The highest BCUT2D eigenvalue weighted by atomic mass is 19.1. The number of aromatic nitrogens is 2. The van der Waals surface area contributed by atoms with Gasteiger partial charge in [0.25, 0.3) is 5.91 Å². The molecule has 1 fully saturated rings. The summed E-state index contributed by atoms with van der Waals surface area (Å²) in [6.45, 7) is 5.72. The summed E-state index contributed by atoms with van der Waals surface area (Å²) < 4.78 is 15.1. The highest BCUT2D eigenvalue weighted by molar-refractivity contribution is 5.97. The highest BCUT2D eigenvalue weighted by Crippen LogP contribution is 2.42. The van der Waals surface area contributed by atoms with Gasteiger partial charge in [-0.3, -0.25) is 4.79 Å². The number of benzene rings is 1. The number of amides is 1. The molecule has 0 spiro atoms. The Bertz CT molecular complexity index is 717. The Kier molecular flexibility index (Phi) is 3.72. The van der Waals surface area contributed by atoms with Crippen molar-refractivity contribution in [2.24, 2.45) is 0 Å². The number of carbonyl (C=O) groups is 1. The third-order valence-electron chi connectivity index (χ3n) is 3.81. The van der Waals surface area contributed by atoms with E-state index < -0.39 is 0 Å². The molecule has 116 valence electrons. The van der Waals surface area contributed by atoms with Gasteiger partial charge in [0, 0.05) is 12.0 Å². The van der Waals surface area contributed by atoms with Crippen molar-refractivity contribution < 1.29 is 9.18 Å². The number of hydrogen-bond donors (Lipinski definition) is 1. The standard InChI is InChI=1S/C17H20FN3O/c1-10(2)19-17(22)15-11(3)21(20-16(15)12-7-8-12)14-6-4-5-13(18)9-14/h4-6,9-10,12H,7-8H2,1-3H3,(H,19,22). The Morgan fingerprint density at radius 3 is 2.73 bits per heavy atom. The first-order chi connectivity index (χ1) is 10.5. The zero-order valence-corrected chi connectivity index (χ0v) is 13.1. The van der Waals surface area contributed by atoms with Crippen LogP contribution in [-0.2, 0) is 0 Å². The smallest absolute Gasteiger partial charge is 0.255 e. The molecular weight excluding hydrogens is 281 g/mol. The van der Waals surface area contributed by atoms with E-state index in [1.807, 2.05) is 20.8 Å². The monoisotopic (exact) mass is 301 g/mol. The molecule has 1 aromatic heterocycles. The fraction of sp³-hybridized carbons (Fsp3) is 0.412. The Balaban J connectivity index is 2.08. The number of hydrogen-bond acceptors (Lipinski definition) is 2. The Labute approximate surface area is 129 Å². The average Bonchev–Trinajstić information content (AvgIpc) is 3.21. The molecule has 1 aliphatic carbocycles. The molecule has 1 amide bonds. The maximum Gasteiger partial charge on any atom is 0.255 e. The first kappa shape index (κ1) is 14.8. The molecule has 1 saturated carbocycles.